The maximum absolute atomic E-state index is 13.6. The molecule has 1 amide bonds. The molecule has 2 aliphatic rings. The van der Waals surface area contributed by atoms with Crippen molar-refractivity contribution in [1.82, 2.24) is 10.2 Å². The first-order valence-electron chi connectivity index (χ1n) is 10.2. The fraction of sp³-hybridized carbons (Fsp3) is 0.667. The van der Waals surface area contributed by atoms with Crippen LogP contribution < -0.4 is 5.32 Å². The normalized spacial score (nSPS) is 28.8. The molecule has 1 aromatic carbocycles. The van der Waals surface area contributed by atoms with Gasteiger partial charge in [-0.05, 0) is 37.0 Å². The number of nitrogens with zero attached hydrogens (tertiary/aromatic N) is 1. The molecular formula is C21H31FN2O4. The number of carbonyl (C=O) groups excluding carboxylic acids is 1. The Kier molecular flexibility index (Phi) is 7.79. The second-order valence-electron chi connectivity index (χ2n) is 7.75. The Morgan fingerprint density at radius 3 is 3.00 bits per heavy atom. The Bertz CT molecular complexity index is 645. The van der Waals surface area contributed by atoms with E-state index in [1.807, 2.05) is 13.0 Å². The average molecular weight is 394 g/mol. The van der Waals surface area contributed by atoms with E-state index in [9.17, 15) is 14.3 Å². The molecule has 0 aliphatic carbocycles. The maximum atomic E-state index is 13.6. The highest BCUT2D eigenvalue weighted by atomic mass is 19.1. The summed E-state index contributed by atoms with van der Waals surface area (Å²) in [5, 5.41) is 13.1. The number of amides is 1. The molecule has 6 nitrogen and oxygen atoms in total. The summed E-state index contributed by atoms with van der Waals surface area (Å²) in [7, 11) is 0. The fourth-order valence-electron chi connectivity index (χ4n) is 4.04. The van der Waals surface area contributed by atoms with E-state index < -0.39 is 6.10 Å². The summed E-state index contributed by atoms with van der Waals surface area (Å²) >= 11 is 0. The summed E-state index contributed by atoms with van der Waals surface area (Å²) in [5.41, 5.74) is 0.869. The van der Waals surface area contributed by atoms with Crippen LogP contribution in [-0.2, 0) is 20.8 Å². The van der Waals surface area contributed by atoms with E-state index in [0.717, 1.165) is 24.8 Å². The molecule has 4 atom stereocenters. The minimum Gasteiger partial charge on any atom is -0.389 e. The van der Waals surface area contributed by atoms with E-state index in [1.54, 1.807) is 6.07 Å². The van der Waals surface area contributed by atoms with Crippen LogP contribution in [0.25, 0.3) is 0 Å². The minimum absolute atomic E-state index is 0.0177. The molecule has 2 fully saturated rings. The molecule has 2 N–H and O–H groups in total. The molecule has 0 bridgehead atoms. The van der Waals surface area contributed by atoms with Crippen LogP contribution in [0.2, 0.25) is 0 Å². The van der Waals surface area contributed by atoms with Crippen molar-refractivity contribution in [2.24, 2.45) is 0 Å². The van der Waals surface area contributed by atoms with E-state index in [-0.39, 0.29) is 36.6 Å². The SMILES string of the molecule is CCCNC(=O)C[C@@H]1CC[C@H]2[C@@H](COC[C@@H](O)CN2Cc2cccc(F)c2)O1. The standard InChI is InChI=1S/C21H31FN2O4/c1-2-8-23-21(26)10-18-6-7-19-20(28-18)14-27-13-17(25)12-24(19)11-15-4-3-5-16(22)9-15/h3-5,9,17-20,25H,2,6-8,10-14H2,1H3,(H,23,26)/t17-,18-,19-,20+/m0/s1. The Balaban J connectivity index is 1.65. The number of carbonyl (C=O) groups is 1. The number of halogens is 1. The number of rotatable bonds is 6. The number of hydrogen-bond donors (Lipinski definition) is 2. The van der Waals surface area contributed by atoms with Crippen LogP contribution in [0.4, 0.5) is 4.39 Å². The third-order valence-electron chi connectivity index (χ3n) is 5.35. The fourth-order valence-corrected chi connectivity index (χ4v) is 4.04. The van der Waals surface area contributed by atoms with Crippen LogP contribution >= 0.6 is 0 Å². The van der Waals surface area contributed by atoms with Crippen LogP contribution in [0.15, 0.2) is 24.3 Å². The van der Waals surface area contributed by atoms with E-state index in [2.05, 4.69) is 10.2 Å². The van der Waals surface area contributed by atoms with Gasteiger partial charge in [0.1, 0.15) is 5.82 Å². The Labute approximate surface area is 166 Å². The second kappa shape index (κ2) is 10.3. The summed E-state index contributed by atoms with van der Waals surface area (Å²) < 4.78 is 25.4. The molecule has 7 heteroatoms. The van der Waals surface area contributed by atoms with Crippen molar-refractivity contribution in [3.8, 4) is 0 Å². The average Bonchev–Trinajstić information content (AvgIpc) is 2.65. The van der Waals surface area contributed by atoms with Crippen molar-refractivity contribution in [3.05, 3.63) is 35.6 Å². The molecule has 0 radical (unpaired) electrons. The quantitative estimate of drug-likeness (QED) is 0.771. The molecule has 1 aromatic rings. The number of ether oxygens (including phenoxy) is 2. The smallest absolute Gasteiger partial charge is 0.222 e. The molecule has 3 rings (SSSR count). The van der Waals surface area contributed by atoms with E-state index in [0.29, 0.717) is 32.7 Å². The van der Waals surface area contributed by atoms with Gasteiger partial charge in [0.25, 0.3) is 0 Å². The number of benzene rings is 1. The van der Waals surface area contributed by atoms with Crippen molar-refractivity contribution < 1.29 is 23.8 Å². The highest BCUT2D eigenvalue weighted by Gasteiger charge is 2.38. The lowest BCUT2D eigenvalue weighted by Gasteiger charge is -2.44. The van der Waals surface area contributed by atoms with Crippen LogP contribution in [0.1, 0.15) is 38.2 Å². The minimum atomic E-state index is -0.591. The second-order valence-corrected chi connectivity index (χ2v) is 7.75. The molecule has 0 unspecified atom stereocenters. The third-order valence-corrected chi connectivity index (χ3v) is 5.35. The van der Waals surface area contributed by atoms with Crippen molar-refractivity contribution in [2.75, 3.05) is 26.3 Å². The van der Waals surface area contributed by atoms with Crippen LogP contribution in [0.5, 0.6) is 0 Å². The number of aliphatic hydroxyl groups excluding tert-OH is 1. The van der Waals surface area contributed by atoms with Crippen molar-refractivity contribution in [2.45, 2.75) is 63.5 Å². The molecule has 156 valence electrons. The van der Waals surface area contributed by atoms with Crippen LogP contribution in [0.3, 0.4) is 0 Å². The van der Waals surface area contributed by atoms with E-state index >= 15 is 0 Å². The first-order valence-corrected chi connectivity index (χ1v) is 10.2. The van der Waals surface area contributed by atoms with E-state index in [1.165, 1.54) is 12.1 Å². The van der Waals surface area contributed by atoms with Gasteiger partial charge < -0.3 is 19.9 Å². The maximum Gasteiger partial charge on any atom is 0.222 e. The highest BCUT2D eigenvalue weighted by Crippen LogP contribution is 2.28. The first kappa shape index (κ1) is 21.2. The molecule has 0 saturated carbocycles. The van der Waals surface area contributed by atoms with Crippen molar-refractivity contribution in [1.29, 1.82) is 0 Å². The van der Waals surface area contributed by atoms with Gasteiger partial charge in [-0.2, -0.15) is 0 Å². The lowest BCUT2D eigenvalue weighted by Crippen LogP contribution is -2.55. The number of nitrogens with one attached hydrogen (secondary N) is 1. The number of β-amino-alcohol motifs (C(OH)–C–C–N with tert-alkyl or cyclic N) is 1. The van der Waals surface area contributed by atoms with Crippen molar-refractivity contribution >= 4 is 5.91 Å². The summed E-state index contributed by atoms with van der Waals surface area (Å²) in [4.78, 5) is 14.2. The summed E-state index contributed by atoms with van der Waals surface area (Å²) in [6.45, 7) is 4.32. The zero-order chi connectivity index (χ0) is 19.9. The first-order chi connectivity index (χ1) is 13.5. The molecule has 2 aliphatic heterocycles. The highest BCUT2D eigenvalue weighted by molar-refractivity contribution is 5.76. The monoisotopic (exact) mass is 394 g/mol. The Hall–Kier alpha value is -1.54. The van der Waals surface area contributed by atoms with Gasteiger partial charge in [-0.1, -0.05) is 19.1 Å². The summed E-state index contributed by atoms with van der Waals surface area (Å²) in [6, 6.07) is 6.62. The molecule has 28 heavy (non-hydrogen) atoms. The van der Waals surface area contributed by atoms with Gasteiger partial charge in [0.05, 0.1) is 37.9 Å². The number of aliphatic hydroxyl groups is 1. The predicted molar refractivity (Wildman–Crippen MR) is 103 cm³/mol. The molecule has 0 aromatic heterocycles. The lowest BCUT2D eigenvalue weighted by atomic mass is 9.94. The van der Waals surface area contributed by atoms with Crippen molar-refractivity contribution in [3.63, 3.8) is 0 Å². The molecule has 2 saturated heterocycles. The number of hydrogen-bond acceptors (Lipinski definition) is 5. The van der Waals surface area contributed by atoms with Gasteiger partial charge in [-0.3, -0.25) is 9.69 Å². The Morgan fingerprint density at radius 1 is 1.36 bits per heavy atom. The van der Waals surface area contributed by atoms with Gasteiger partial charge in [-0.25, -0.2) is 4.39 Å². The molecule has 2 heterocycles. The predicted octanol–water partition coefficient (Wildman–Crippen LogP) is 1.85. The lowest BCUT2D eigenvalue weighted by molar-refractivity contribution is -0.158. The van der Waals surface area contributed by atoms with Gasteiger partial charge >= 0.3 is 0 Å². The zero-order valence-electron chi connectivity index (χ0n) is 16.5. The van der Waals surface area contributed by atoms with Crippen LogP contribution in [0, 0.1) is 5.82 Å². The van der Waals surface area contributed by atoms with Gasteiger partial charge in [0.15, 0.2) is 0 Å². The van der Waals surface area contributed by atoms with Gasteiger partial charge in [-0.15, -0.1) is 0 Å². The van der Waals surface area contributed by atoms with E-state index in [4.69, 9.17) is 9.47 Å². The summed E-state index contributed by atoms with van der Waals surface area (Å²) in [6.07, 6.45) is 2.01. The van der Waals surface area contributed by atoms with Crippen LogP contribution in [-0.4, -0.2) is 66.6 Å². The third kappa shape index (κ3) is 5.98. The zero-order valence-corrected chi connectivity index (χ0v) is 16.5. The topological polar surface area (TPSA) is 71.0 Å². The van der Waals surface area contributed by atoms with Gasteiger partial charge in [0, 0.05) is 25.7 Å². The summed E-state index contributed by atoms with van der Waals surface area (Å²) in [5.74, 6) is -0.243. The Morgan fingerprint density at radius 2 is 2.21 bits per heavy atom. The van der Waals surface area contributed by atoms with Gasteiger partial charge in [0.2, 0.25) is 5.91 Å². The molecular weight excluding hydrogens is 363 g/mol. The molecule has 0 spiro atoms. The number of fused-ring (bicyclic) bond motifs is 1. The largest absolute Gasteiger partial charge is 0.389 e.